The highest BCUT2D eigenvalue weighted by Crippen LogP contribution is 2.21. The number of aryl methyl sites for hydroxylation is 1. The summed E-state index contributed by atoms with van der Waals surface area (Å²) in [6.07, 6.45) is 6.84. The van der Waals surface area contributed by atoms with Crippen LogP contribution in [0.5, 0.6) is 0 Å². The van der Waals surface area contributed by atoms with Crippen LogP contribution in [0.25, 0.3) is 0 Å². The lowest BCUT2D eigenvalue weighted by Gasteiger charge is -2.25. The molecule has 1 aromatic carbocycles. The van der Waals surface area contributed by atoms with Crippen LogP contribution in [0, 0.1) is 0 Å². The van der Waals surface area contributed by atoms with Crippen molar-refractivity contribution in [2.24, 2.45) is 0 Å². The Bertz CT molecular complexity index is 826. The molecule has 2 fully saturated rings. The first kappa shape index (κ1) is 22.7. The van der Waals surface area contributed by atoms with Gasteiger partial charge in [0.15, 0.2) is 6.10 Å². The topological polar surface area (TPSA) is 92.8 Å². The van der Waals surface area contributed by atoms with E-state index in [-0.39, 0.29) is 23.3 Å². The minimum Gasteiger partial charge on any atom is -0.453 e. The molecule has 7 nitrogen and oxygen atoms in total. The molecule has 1 unspecified atom stereocenters. The Labute approximate surface area is 179 Å². The molecule has 8 heteroatoms. The fraction of sp³-hybridized carbons (Fsp3) is 0.636. The predicted molar refractivity (Wildman–Crippen MR) is 113 cm³/mol. The number of sulfonamides is 1. The van der Waals surface area contributed by atoms with Crippen molar-refractivity contribution in [3.63, 3.8) is 0 Å². The number of benzene rings is 1. The van der Waals surface area contributed by atoms with Crippen LogP contribution >= 0.6 is 0 Å². The second kappa shape index (κ2) is 10.4. The molecule has 1 saturated carbocycles. The van der Waals surface area contributed by atoms with Gasteiger partial charge in [-0.1, -0.05) is 31.4 Å². The van der Waals surface area contributed by atoms with Gasteiger partial charge < -0.3 is 10.1 Å². The Morgan fingerprint density at radius 1 is 1.07 bits per heavy atom. The summed E-state index contributed by atoms with van der Waals surface area (Å²) in [5.74, 6) is -0.684. The third-order valence-corrected chi connectivity index (χ3v) is 7.79. The van der Waals surface area contributed by atoms with Crippen LogP contribution in [-0.4, -0.2) is 49.8 Å². The Morgan fingerprint density at radius 2 is 1.70 bits per heavy atom. The molecule has 1 aromatic rings. The molecule has 1 atom stereocenters. The van der Waals surface area contributed by atoms with E-state index in [0.717, 1.165) is 50.5 Å². The largest absolute Gasteiger partial charge is 0.453 e. The van der Waals surface area contributed by atoms with Crippen molar-refractivity contribution in [3.8, 4) is 0 Å². The molecule has 166 valence electrons. The normalized spacial score (nSPS) is 19.4. The van der Waals surface area contributed by atoms with Crippen LogP contribution in [0.4, 0.5) is 0 Å². The highest BCUT2D eigenvalue weighted by atomic mass is 32.2. The van der Waals surface area contributed by atoms with Gasteiger partial charge in [-0.3, -0.25) is 9.59 Å². The molecule has 0 spiro atoms. The number of carbonyl (C=O) groups is 2. The van der Waals surface area contributed by atoms with Crippen LogP contribution in [-0.2, 0) is 30.8 Å². The third-order valence-electron chi connectivity index (χ3n) is 5.87. The minimum atomic E-state index is -3.45. The number of nitrogens with one attached hydrogen (secondary N) is 1. The second-order valence-corrected chi connectivity index (χ2v) is 10.2. The molecule has 1 N–H and O–H groups in total. The summed E-state index contributed by atoms with van der Waals surface area (Å²) in [5.41, 5.74) is 0.854. The van der Waals surface area contributed by atoms with Gasteiger partial charge in [-0.05, 0) is 56.7 Å². The van der Waals surface area contributed by atoms with E-state index in [1.54, 1.807) is 35.5 Å². The lowest BCUT2D eigenvalue weighted by atomic mass is 10.1. The molecule has 1 aliphatic carbocycles. The second-order valence-electron chi connectivity index (χ2n) is 8.23. The van der Waals surface area contributed by atoms with E-state index in [2.05, 4.69) is 5.32 Å². The van der Waals surface area contributed by atoms with Crippen molar-refractivity contribution in [2.45, 2.75) is 81.8 Å². The smallest absolute Gasteiger partial charge is 0.306 e. The van der Waals surface area contributed by atoms with Gasteiger partial charge >= 0.3 is 5.97 Å². The Hall–Kier alpha value is -1.93. The summed E-state index contributed by atoms with van der Waals surface area (Å²) in [5, 5.41) is 2.93. The molecule has 2 aliphatic rings. The van der Waals surface area contributed by atoms with Gasteiger partial charge in [-0.2, -0.15) is 4.31 Å². The zero-order valence-electron chi connectivity index (χ0n) is 17.6. The van der Waals surface area contributed by atoms with E-state index in [1.807, 2.05) is 0 Å². The molecule has 0 bridgehead atoms. The van der Waals surface area contributed by atoms with Crippen molar-refractivity contribution in [1.29, 1.82) is 0 Å². The maximum absolute atomic E-state index is 12.7. The molecular formula is C22H32N2O5S. The van der Waals surface area contributed by atoms with Crippen LogP contribution in [0.15, 0.2) is 29.2 Å². The molecule has 0 radical (unpaired) electrons. The average Bonchev–Trinajstić information content (AvgIpc) is 3.26. The first-order valence-corrected chi connectivity index (χ1v) is 12.4. The highest BCUT2D eigenvalue weighted by molar-refractivity contribution is 7.89. The van der Waals surface area contributed by atoms with Crippen LogP contribution in [0.2, 0.25) is 0 Å². The van der Waals surface area contributed by atoms with Crippen LogP contribution in [0.1, 0.15) is 63.9 Å². The SMILES string of the molecule is CC(OC(=O)CCc1ccc(S(=O)(=O)N2CCCCC2)cc1)C(=O)NC1CCCC1. The number of rotatable bonds is 8. The standard InChI is InChI=1S/C22H32N2O5S/c1-17(22(26)23-19-7-3-4-8-19)29-21(25)14-11-18-9-12-20(13-10-18)30(27,28)24-15-5-2-6-16-24/h9-10,12-13,17,19H,2-8,11,14-16H2,1H3,(H,23,26). The number of ether oxygens (including phenoxy) is 1. The number of hydrogen-bond donors (Lipinski definition) is 1. The lowest BCUT2D eigenvalue weighted by Crippen LogP contribution is -2.40. The van der Waals surface area contributed by atoms with E-state index in [4.69, 9.17) is 4.74 Å². The predicted octanol–water partition coefficient (Wildman–Crippen LogP) is 2.78. The number of carbonyl (C=O) groups excluding carboxylic acids is 2. The molecular weight excluding hydrogens is 404 g/mol. The minimum absolute atomic E-state index is 0.138. The van der Waals surface area contributed by atoms with Gasteiger partial charge in [-0.15, -0.1) is 0 Å². The molecule has 3 rings (SSSR count). The van der Waals surface area contributed by atoms with Gasteiger partial charge in [0.05, 0.1) is 4.90 Å². The summed E-state index contributed by atoms with van der Waals surface area (Å²) >= 11 is 0. The number of nitrogens with zero attached hydrogens (tertiary/aromatic N) is 1. The maximum Gasteiger partial charge on any atom is 0.306 e. The summed E-state index contributed by atoms with van der Waals surface area (Å²) < 4.78 is 32.2. The third kappa shape index (κ3) is 6.04. The summed E-state index contributed by atoms with van der Waals surface area (Å²) in [6.45, 7) is 2.73. The van der Waals surface area contributed by atoms with E-state index in [9.17, 15) is 18.0 Å². The first-order chi connectivity index (χ1) is 14.4. The van der Waals surface area contributed by atoms with E-state index in [0.29, 0.717) is 19.5 Å². The summed E-state index contributed by atoms with van der Waals surface area (Å²) in [6, 6.07) is 6.86. The van der Waals surface area contributed by atoms with E-state index < -0.39 is 22.1 Å². The molecule has 1 amide bonds. The van der Waals surface area contributed by atoms with Crippen molar-refractivity contribution in [1.82, 2.24) is 9.62 Å². The monoisotopic (exact) mass is 436 g/mol. The number of esters is 1. The van der Waals surface area contributed by atoms with E-state index in [1.165, 1.54) is 0 Å². The molecule has 30 heavy (non-hydrogen) atoms. The van der Waals surface area contributed by atoms with Gasteiger partial charge in [0, 0.05) is 25.6 Å². The number of hydrogen-bond acceptors (Lipinski definition) is 5. The van der Waals surface area contributed by atoms with Crippen molar-refractivity contribution >= 4 is 21.9 Å². The first-order valence-electron chi connectivity index (χ1n) is 11.0. The number of amides is 1. The van der Waals surface area contributed by atoms with Gasteiger partial charge in [0.1, 0.15) is 0 Å². The highest BCUT2D eigenvalue weighted by Gasteiger charge is 2.26. The Balaban J connectivity index is 1.46. The molecule has 0 aromatic heterocycles. The van der Waals surface area contributed by atoms with Crippen molar-refractivity contribution in [2.75, 3.05) is 13.1 Å². The summed E-state index contributed by atoms with van der Waals surface area (Å²) in [7, 11) is -3.45. The van der Waals surface area contributed by atoms with E-state index >= 15 is 0 Å². The maximum atomic E-state index is 12.7. The molecule has 1 aliphatic heterocycles. The van der Waals surface area contributed by atoms with Crippen molar-refractivity contribution < 1.29 is 22.7 Å². The van der Waals surface area contributed by atoms with Gasteiger partial charge in [-0.25, -0.2) is 8.42 Å². The Morgan fingerprint density at radius 3 is 2.33 bits per heavy atom. The average molecular weight is 437 g/mol. The van der Waals surface area contributed by atoms with Crippen LogP contribution in [0.3, 0.4) is 0 Å². The molecule has 1 heterocycles. The lowest BCUT2D eigenvalue weighted by molar-refractivity contribution is -0.155. The van der Waals surface area contributed by atoms with Crippen LogP contribution < -0.4 is 5.32 Å². The quantitative estimate of drug-likeness (QED) is 0.633. The van der Waals surface area contributed by atoms with Crippen molar-refractivity contribution in [3.05, 3.63) is 29.8 Å². The van der Waals surface area contributed by atoms with Gasteiger partial charge in [0.2, 0.25) is 10.0 Å². The van der Waals surface area contributed by atoms with Gasteiger partial charge in [0.25, 0.3) is 5.91 Å². The molecule has 1 saturated heterocycles. The summed E-state index contributed by atoms with van der Waals surface area (Å²) in [4.78, 5) is 24.5. The zero-order chi connectivity index (χ0) is 21.6. The Kier molecular flexibility index (Phi) is 7.88. The number of piperidine rings is 1. The zero-order valence-corrected chi connectivity index (χ0v) is 18.5. The fourth-order valence-electron chi connectivity index (χ4n) is 4.03. The fourth-order valence-corrected chi connectivity index (χ4v) is 5.54.